The van der Waals surface area contributed by atoms with Crippen LogP contribution in [0.5, 0.6) is 0 Å². The molecule has 102 valence electrons. The Kier molecular flexibility index (Phi) is 5.49. The van der Waals surface area contributed by atoms with Crippen molar-refractivity contribution in [3.63, 3.8) is 0 Å². The molecule has 0 aliphatic rings. The summed E-state index contributed by atoms with van der Waals surface area (Å²) in [5.41, 5.74) is -0.710. The predicted octanol–water partition coefficient (Wildman–Crippen LogP) is 4.92. The largest absolute Gasteiger partial charge is 0.323 e. The molecule has 0 spiro atoms. The molecular formula is C13H13Cl3N2O. The number of benzene rings is 1. The van der Waals surface area contributed by atoms with Crippen molar-refractivity contribution in [2.45, 2.75) is 26.7 Å². The molecule has 0 saturated heterocycles. The summed E-state index contributed by atoms with van der Waals surface area (Å²) < 4.78 is 0. The summed E-state index contributed by atoms with van der Waals surface area (Å²) in [5.74, 6) is -0.389. The molecule has 19 heavy (non-hydrogen) atoms. The first kappa shape index (κ1) is 16.1. The van der Waals surface area contributed by atoms with E-state index >= 15 is 0 Å². The Labute approximate surface area is 127 Å². The fraction of sp³-hybridized carbons (Fsp3) is 0.385. The minimum Gasteiger partial charge on any atom is -0.323 e. The van der Waals surface area contributed by atoms with Gasteiger partial charge in [-0.15, -0.1) is 0 Å². The van der Waals surface area contributed by atoms with Gasteiger partial charge in [-0.2, -0.15) is 5.26 Å². The number of carbonyl (C=O) groups is 1. The second-order valence-corrected chi connectivity index (χ2v) is 5.32. The zero-order valence-electron chi connectivity index (χ0n) is 10.6. The Morgan fingerprint density at radius 1 is 1.21 bits per heavy atom. The molecule has 3 nitrogen and oxygen atoms in total. The minimum atomic E-state index is -1.06. The molecule has 0 aliphatic carbocycles. The zero-order chi connectivity index (χ0) is 14.6. The van der Waals surface area contributed by atoms with Crippen LogP contribution in [0.2, 0.25) is 15.1 Å². The average molecular weight is 320 g/mol. The van der Waals surface area contributed by atoms with Crippen molar-refractivity contribution in [2.75, 3.05) is 5.32 Å². The first-order valence-electron chi connectivity index (χ1n) is 5.77. The lowest BCUT2D eigenvalue weighted by atomic mass is 9.83. The molecule has 0 aliphatic heterocycles. The fourth-order valence-corrected chi connectivity index (χ4v) is 2.23. The lowest BCUT2D eigenvalue weighted by Gasteiger charge is -2.22. The van der Waals surface area contributed by atoms with E-state index in [4.69, 9.17) is 34.8 Å². The third kappa shape index (κ3) is 3.33. The van der Waals surface area contributed by atoms with Crippen molar-refractivity contribution in [3.05, 3.63) is 27.2 Å². The summed E-state index contributed by atoms with van der Waals surface area (Å²) >= 11 is 17.7. The maximum Gasteiger partial charge on any atom is 0.244 e. The van der Waals surface area contributed by atoms with Crippen LogP contribution >= 0.6 is 34.8 Å². The van der Waals surface area contributed by atoms with E-state index in [1.807, 2.05) is 0 Å². The van der Waals surface area contributed by atoms with Crippen molar-refractivity contribution in [1.29, 1.82) is 5.26 Å². The van der Waals surface area contributed by atoms with Crippen LogP contribution in [0.15, 0.2) is 12.1 Å². The summed E-state index contributed by atoms with van der Waals surface area (Å²) in [6, 6.07) is 4.99. The second-order valence-electron chi connectivity index (χ2n) is 4.10. The van der Waals surface area contributed by atoms with Crippen LogP contribution < -0.4 is 5.32 Å². The summed E-state index contributed by atoms with van der Waals surface area (Å²) in [6.45, 7) is 3.59. The van der Waals surface area contributed by atoms with E-state index in [-0.39, 0.29) is 16.0 Å². The van der Waals surface area contributed by atoms with Crippen LogP contribution in [-0.4, -0.2) is 5.91 Å². The first-order chi connectivity index (χ1) is 8.90. The lowest BCUT2D eigenvalue weighted by Crippen LogP contribution is -2.34. The molecule has 1 aromatic rings. The van der Waals surface area contributed by atoms with E-state index in [1.54, 1.807) is 13.8 Å². The molecule has 0 heterocycles. The molecule has 1 amide bonds. The van der Waals surface area contributed by atoms with Crippen LogP contribution in [-0.2, 0) is 4.79 Å². The van der Waals surface area contributed by atoms with Crippen LogP contribution in [0.4, 0.5) is 5.69 Å². The van der Waals surface area contributed by atoms with E-state index in [0.29, 0.717) is 23.6 Å². The van der Waals surface area contributed by atoms with Crippen molar-refractivity contribution < 1.29 is 4.79 Å². The standard InChI is InChI=1S/C13H13Cl3N2O/c1-3-13(4-2,7-17)12(19)18-11-6-9(15)8(14)5-10(11)16/h5-6H,3-4H2,1-2H3,(H,18,19). The molecule has 0 aromatic heterocycles. The number of nitrogens with zero attached hydrogens (tertiary/aromatic N) is 1. The summed E-state index contributed by atoms with van der Waals surface area (Å²) in [4.78, 5) is 12.2. The Bertz CT molecular complexity index is 533. The molecule has 0 bridgehead atoms. The first-order valence-corrected chi connectivity index (χ1v) is 6.90. The van der Waals surface area contributed by atoms with Gasteiger partial charge in [-0.05, 0) is 25.0 Å². The Morgan fingerprint density at radius 3 is 2.21 bits per heavy atom. The molecule has 0 unspecified atom stereocenters. The highest BCUT2D eigenvalue weighted by atomic mass is 35.5. The van der Waals surface area contributed by atoms with Gasteiger partial charge in [0.05, 0.1) is 26.8 Å². The predicted molar refractivity (Wildman–Crippen MR) is 78.7 cm³/mol. The normalized spacial score (nSPS) is 10.9. The maximum absolute atomic E-state index is 12.2. The third-order valence-electron chi connectivity index (χ3n) is 3.11. The minimum absolute atomic E-state index is 0.279. The molecule has 0 atom stereocenters. The number of carbonyl (C=O) groups excluding carboxylic acids is 1. The maximum atomic E-state index is 12.2. The smallest absolute Gasteiger partial charge is 0.244 e. The highest BCUT2D eigenvalue weighted by Crippen LogP contribution is 2.34. The van der Waals surface area contributed by atoms with Crippen LogP contribution in [0.25, 0.3) is 0 Å². The quantitative estimate of drug-likeness (QED) is 0.801. The highest BCUT2D eigenvalue weighted by Gasteiger charge is 2.35. The molecule has 0 fully saturated rings. The van der Waals surface area contributed by atoms with Crippen molar-refractivity contribution in [3.8, 4) is 6.07 Å². The summed E-state index contributed by atoms with van der Waals surface area (Å²) in [5, 5.41) is 12.7. The van der Waals surface area contributed by atoms with Gasteiger partial charge in [-0.3, -0.25) is 4.79 Å². The summed E-state index contributed by atoms with van der Waals surface area (Å²) in [7, 11) is 0. The zero-order valence-corrected chi connectivity index (χ0v) is 12.8. The Balaban J connectivity index is 3.07. The fourth-order valence-electron chi connectivity index (χ4n) is 1.64. The average Bonchev–Trinajstić information content (AvgIpc) is 2.38. The number of halogens is 3. The number of hydrogen-bond donors (Lipinski definition) is 1. The van der Waals surface area contributed by atoms with E-state index in [9.17, 15) is 10.1 Å². The molecule has 0 radical (unpaired) electrons. The van der Waals surface area contributed by atoms with E-state index in [1.165, 1.54) is 12.1 Å². The number of rotatable bonds is 4. The second kappa shape index (κ2) is 6.47. The van der Waals surface area contributed by atoms with E-state index in [2.05, 4.69) is 11.4 Å². The van der Waals surface area contributed by atoms with E-state index in [0.717, 1.165) is 0 Å². The third-order valence-corrected chi connectivity index (χ3v) is 4.15. The number of nitriles is 1. The molecule has 1 rings (SSSR count). The lowest BCUT2D eigenvalue weighted by molar-refractivity contribution is -0.123. The van der Waals surface area contributed by atoms with Gasteiger partial charge in [-0.1, -0.05) is 48.7 Å². The van der Waals surface area contributed by atoms with Crippen molar-refractivity contribution >= 4 is 46.4 Å². The van der Waals surface area contributed by atoms with Gasteiger partial charge in [-0.25, -0.2) is 0 Å². The number of amides is 1. The molecular weight excluding hydrogens is 307 g/mol. The highest BCUT2D eigenvalue weighted by molar-refractivity contribution is 6.44. The number of anilines is 1. The van der Waals surface area contributed by atoms with Gasteiger partial charge in [0.15, 0.2) is 0 Å². The molecule has 1 aromatic carbocycles. The topological polar surface area (TPSA) is 52.9 Å². The van der Waals surface area contributed by atoms with Crippen LogP contribution in [0.1, 0.15) is 26.7 Å². The number of nitrogens with one attached hydrogen (secondary N) is 1. The molecule has 6 heteroatoms. The monoisotopic (exact) mass is 318 g/mol. The van der Waals surface area contributed by atoms with Crippen LogP contribution in [0, 0.1) is 16.7 Å². The summed E-state index contributed by atoms with van der Waals surface area (Å²) in [6.07, 6.45) is 0.843. The Hall–Kier alpha value is -0.950. The van der Waals surface area contributed by atoms with Gasteiger partial charge in [0.2, 0.25) is 5.91 Å². The SMILES string of the molecule is CCC(C#N)(CC)C(=O)Nc1cc(Cl)c(Cl)cc1Cl. The van der Waals surface area contributed by atoms with Crippen molar-refractivity contribution in [1.82, 2.24) is 0 Å². The van der Waals surface area contributed by atoms with Gasteiger partial charge in [0.1, 0.15) is 5.41 Å². The van der Waals surface area contributed by atoms with E-state index < -0.39 is 5.41 Å². The van der Waals surface area contributed by atoms with Gasteiger partial charge >= 0.3 is 0 Å². The van der Waals surface area contributed by atoms with Crippen molar-refractivity contribution in [2.24, 2.45) is 5.41 Å². The van der Waals surface area contributed by atoms with Gasteiger partial charge < -0.3 is 5.32 Å². The van der Waals surface area contributed by atoms with Gasteiger partial charge in [0, 0.05) is 0 Å². The van der Waals surface area contributed by atoms with Gasteiger partial charge in [0.25, 0.3) is 0 Å². The molecule has 0 saturated carbocycles. The van der Waals surface area contributed by atoms with Crippen LogP contribution in [0.3, 0.4) is 0 Å². The Morgan fingerprint density at radius 2 is 1.74 bits per heavy atom. The number of hydrogen-bond acceptors (Lipinski definition) is 2. The molecule has 1 N–H and O–H groups in total.